The number of nitrogens with one attached hydrogen (secondary N) is 2. The summed E-state index contributed by atoms with van der Waals surface area (Å²) in [5.74, 6) is -0.839. The van der Waals surface area contributed by atoms with E-state index in [1.165, 1.54) is 6.08 Å². The molecule has 0 aliphatic carbocycles. The second-order valence-corrected chi connectivity index (χ2v) is 7.86. The van der Waals surface area contributed by atoms with Gasteiger partial charge < -0.3 is 10.6 Å². The lowest BCUT2D eigenvalue weighted by atomic mass is 10.0. The minimum absolute atomic E-state index is 0.0426. The third-order valence-corrected chi connectivity index (χ3v) is 5.18. The highest BCUT2D eigenvalue weighted by Gasteiger charge is 2.14. The molecule has 0 saturated heterocycles. The molecular weight excluding hydrogens is 422 g/mol. The molecule has 0 aliphatic heterocycles. The third-order valence-electron chi connectivity index (χ3n) is 4.85. The zero-order valence-corrected chi connectivity index (χ0v) is 18.7. The number of rotatable bonds is 5. The van der Waals surface area contributed by atoms with Crippen LogP contribution in [0.5, 0.6) is 0 Å². The number of benzene rings is 3. The van der Waals surface area contributed by atoms with E-state index in [2.05, 4.69) is 10.6 Å². The fraction of sp³-hybridized carbons (Fsp3) is 0.115. The van der Waals surface area contributed by atoms with Crippen LogP contribution in [0.4, 0.5) is 11.4 Å². The molecule has 0 heterocycles. The molecule has 3 aromatic carbocycles. The topological polar surface area (TPSA) is 82.0 Å². The minimum atomic E-state index is -0.493. The molecule has 0 unspecified atom stereocenters. The first-order valence-corrected chi connectivity index (χ1v) is 10.3. The second kappa shape index (κ2) is 9.95. The molecule has 0 saturated carbocycles. The average Bonchev–Trinajstić information content (AvgIpc) is 2.75. The van der Waals surface area contributed by atoms with E-state index >= 15 is 0 Å². The van der Waals surface area contributed by atoms with Crippen molar-refractivity contribution in [3.63, 3.8) is 0 Å². The first kappa shape index (κ1) is 22.8. The van der Waals surface area contributed by atoms with Crippen LogP contribution in [0.15, 0.2) is 66.2 Å². The molecule has 0 bridgehead atoms. The van der Waals surface area contributed by atoms with Gasteiger partial charge in [0, 0.05) is 11.4 Å². The minimum Gasteiger partial charge on any atom is -0.322 e. The van der Waals surface area contributed by atoms with Crippen LogP contribution in [0.1, 0.15) is 32.6 Å². The smallest absolute Gasteiger partial charge is 0.266 e. The quantitative estimate of drug-likeness (QED) is 0.371. The van der Waals surface area contributed by atoms with E-state index in [0.29, 0.717) is 27.5 Å². The predicted molar refractivity (Wildman–Crippen MR) is 129 cm³/mol. The summed E-state index contributed by atoms with van der Waals surface area (Å²) in [6.07, 6.45) is 1.49. The van der Waals surface area contributed by atoms with Crippen LogP contribution in [-0.2, 0) is 4.79 Å². The average molecular weight is 444 g/mol. The maximum atomic E-state index is 12.7. The Hall–Kier alpha value is -3.88. The van der Waals surface area contributed by atoms with Gasteiger partial charge in [0.25, 0.3) is 11.8 Å². The monoisotopic (exact) mass is 443 g/mol. The summed E-state index contributed by atoms with van der Waals surface area (Å²) in [4.78, 5) is 25.2. The van der Waals surface area contributed by atoms with Gasteiger partial charge in [0.15, 0.2) is 0 Å². The van der Waals surface area contributed by atoms with E-state index in [0.717, 1.165) is 16.7 Å². The lowest BCUT2D eigenvalue weighted by molar-refractivity contribution is -0.112. The van der Waals surface area contributed by atoms with Crippen molar-refractivity contribution >= 4 is 40.9 Å². The largest absolute Gasteiger partial charge is 0.322 e. The number of carbonyl (C=O) groups excluding carboxylic acids is 2. The maximum Gasteiger partial charge on any atom is 0.266 e. The maximum absolute atomic E-state index is 12.7. The van der Waals surface area contributed by atoms with Crippen LogP contribution in [0.25, 0.3) is 6.08 Å². The Morgan fingerprint density at radius 2 is 1.62 bits per heavy atom. The van der Waals surface area contributed by atoms with Crippen molar-refractivity contribution in [2.45, 2.75) is 20.8 Å². The molecule has 0 spiro atoms. The van der Waals surface area contributed by atoms with Crippen molar-refractivity contribution in [2.24, 2.45) is 0 Å². The molecule has 160 valence electrons. The van der Waals surface area contributed by atoms with Crippen LogP contribution in [-0.4, -0.2) is 11.8 Å². The predicted octanol–water partition coefficient (Wildman–Crippen LogP) is 6.06. The number of hydrogen-bond donors (Lipinski definition) is 2. The molecule has 5 nitrogen and oxygen atoms in total. The van der Waals surface area contributed by atoms with Gasteiger partial charge in [-0.25, -0.2) is 0 Å². The van der Waals surface area contributed by atoms with E-state index in [1.54, 1.807) is 48.5 Å². The molecule has 2 amide bonds. The summed E-state index contributed by atoms with van der Waals surface area (Å²) in [6, 6.07) is 19.5. The van der Waals surface area contributed by atoms with E-state index in [4.69, 9.17) is 11.6 Å². The highest BCUT2D eigenvalue weighted by atomic mass is 35.5. The molecule has 2 N–H and O–H groups in total. The summed E-state index contributed by atoms with van der Waals surface area (Å²) in [6.45, 7) is 5.82. The fourth-order valence-corrected chi connectivity index (χ4v) is 3.64. The second-order valence-electron chi connectivity index (χ2n) is 7.46. The Bertz CT molecular complexity index is 1250. The van der Waals surface area contributed by atoms with Gasteiger partial charge in [-0.1, -0.05) is 53.6 Å². The molecule has 32 heavy (non-hydrogen) atoms. The molecule has 0 atom stereocenters. The third kappa shape index (κ3) is 5.42. The van der Waals surface area contributed by atoms with Gasteiger partial charge >= 0.3 is 0 Å². The van der Waals surface area contributed by atoms with E-state index < -0.39 is 5.91 Å². The first-order chi connectivity index (χ1) is 15.3. The molecule has 0 fully saturated rings. The van der Waals surface area contributed by atoms with Gasteiger partial charge in [-0.3, -0.25) is 9.59 Å². The van der Waals surface area contributed by atoms with Crippen LogP contribution >= 0.6 is 11.6 Å². The number of amides is 2. The van der Waals surface area contributed by atoms with Gasteiger partial charge in [-0.15, -0.1) is 0 Å². The lowest BCUT2D eigenvalue weighted by Crippen LogP contribution is -2.15. The highest BCUT2D eigenvalue weighted by Crippen LogP contribution is 2.23. The summed E-state index contributed by atoms with van der Waals surface area (Å²) >= 11 is 6.09. The molecular formula is C26H22ClN3O2. The summed E-state index contributed by atoms with van der Waals surface area (Å²) in [5, 5.41) is 15.5. The zero-order valence-electron chi connectivity index (χ0n) is 18.0. The number of aryl methyl sites for hydroxylation is 3. The molecule has 0 aromatic heterocycles. The SMILES string of the molecule is Cc1cc(C)c(NC(=O)/C(C#N)=C/c2cccc(NC(=O)c3ccccc3Cl)c2)c(C)c1. The molecule has 6 heteroatoms. The Morgan fingerprint density at radius 3 is 2.28 bits per heavy atom. The van der Waals surface area contributed by atoms with Crippen molar-refractivity contribution in [3.05, 3.63) is 99.1 Å². The van der Waals surface area contributed by atoms with Crippen LogP contribution in [0.3, 0.4) is 0 Å². The van der Waals surface area contributed by atoms with E-state index in [9.17, 15) is 14.9 Å². The lowest BCUT2D eigenvalue weighted by Gasteiger charge is -2.12. The van der Waals surface area contributed by atoms with E-state index in [-0.39, 0.29) is 11.5 Å². The van der Waals surface area contributed by atoms with Gasteiger partial charge in [-0.05, 0) is 67.8 Å². The van der Waals surface area contributed by atoms with Crippen molar-refractivity contribution in [1.29, 1.82) is 5.26 Å². The first-order valence-electron chi connectivity index (χ1n) is 9.95. The number of anilines is 2. The Labute approximate surface area is 192 Å². The normalized spacial score (nSPS) is 10.9. The molecule has 3 rings (SSSR count). The van der Waals surface area contributed by atoms with Gasteiger partial charge in [0.2, 0.25) is 0 Å². The van der Waals surface area contributed by atoms with Crippen LogP contribution < -0.4 is 10.6 Å². The number of nitrogens with zero attached hydrogens (tertiary/aromatic N) is 1. The number of carbonyl (C=O) groups is 2. The Balaban J connectivity index is 1.81. The van der Waals surface area contributed by atoms with Crippen molar-refractivity contribution in [1.82, 2.24) is 0 Å². The van der Waals surface area contributed by atoms with Crippen molar-refractivity contribution < 1.29 is 9.59 Å². The molecule has 0 aliphatic rings. The number of halogens is 1. The highest BCUT2D eigenvalue weighted by molar-refractivity contribution is 6.34. The van der Waals surface area contributed by atoms with Gasteiger partial charge in [0.1, 0.15) is 11.6 Å². The fourth-order valence-electron chi connectivity index (χ4n) is 3.42. The van der Waals surface area contributed by atoms with Crippen molar-refractivity contribution in [2.75, 3.05) is 10.6 Å². The summed E-state index contributed by atoms with van der Waals surface area (Å²) in [7, 11) is 0. The zero-order chi connectivity index (χ0) is 23.3. The van der Waals surface area contributed by atoms with Crippen LogP contribution in [0.2, 0.25) is 5.02 Å². The summed E-state index contributed by atoms with van der Waals surface area (Å²) in [5.41, 5.74) is 5.09. The number of hydrogen-bond acceptors (Lipinski definition) is 3. The summed E-state index contributed by atoms with van der Waals surface area (Å²) < 4.78 is 0. The van der Waals surface area contributed by atoms with Crippen LogP contribution in [0, 0.1) is 32.1 Å². The molecule has 0 radical (unpaired) electrons. The molecule has 3 aromatic rings. The van der Waals surface area contributed by atoms with Gasteiger partial charge in [0.05, 0.1) is 10.6 Å². The number of nitriles is 1. The Morgan fingerprint density at radius 1 is 0.938 bits per heavy atom. The van der Waals surface area contributed by atoms with Crippen molar-refractivity contribution in [3.8, 4) is 6.07 Å². The van der Waals surface area contributed by atoms with E-state index in [1.807, 2.05) is 39.0 Å². The standard InChI is InChI=1S/C26H22ClN3O2/c1-16-11-17(2)24(18(3)12-16)30-25(31)20(15-28)13-19-7-6-8-21(14-19)29-26(32)22-9-4-5-10-23(22)27/h4-14H,1-3H3,(H,29,32)(H,30,31)/b20-13+. The Kier molecular flexibility index (Phi) is 7.09. The van der Waals surface area contributed by atoms with Gasteiger partial charge in [-0.2, -0.15) is 5.26 Å².